The number of aliphatic carboxylic acids is 1. The van der Waals surface area contributed by atoms with Crippen molar-refractivity contribution in [1.82, 2.24) is 0 Å². The molecule has 0 aliphatic rings. The van der Waals surface area contributed by atoms with Crippen LogP contribution in [0.25, 0.3) is 0 Å². The zero-order chi connectivity index (χ0) is 12.4. The smallest absolute Gasteiger partial charge is 0.306 e. The quantitative estimate of drug-likeness (QED) is 0.598. The fraction of sp³-hybridized carbons (Fsp3) is 0.929. The van der Waals surface area contributed by atoms with Crippen LogP contribution < -0.4 is 0 Å². The monoisotopic (exact) mass is 228 g/mol. The third kappa shape index (κ3) is 6.86. The number of unbranched alkanes of at least 4 members (excludes halogenated alkanes) is 2. The van der Waals surface area contributed by atoms with E-state index in [0.717, 1.165) is 12.8 Å². The van der Waals surface area contributed by atoms with Gasteiger partial charge in [0.2, 0.25) is 0 Å². The van der Waals surface area contributed by atoms with E-state index in [9.17, 15) is 4.79 Å². The second kappa shape index (κ2) is 9.68. The molecule has 0 amide bonds. The molecular formula is C14H28O2. The standard InChI is InChI=1S/C14H28O2/c1-4-7-9-12(10-8-5-2)11-13(6-3)14(15)16/h12-13H,4-11H2,1-3H3,(H,15,16). The van der Waals surface area contributed by atoms with Crippen LogP contribution in [-0.2, 0) is 4.79 Å². The van der Waals surface area contributed by atoms with E-state index >= 15 is 0 Å². The Morgan fingerprint density at radius 2 is 1.56 bits per heavy atom. The summed E-state index contributed by atoms with van der Waals surface area (Å²) in [5, 5.41) is 9.07. The minimum Gasteiger partial charge on any atom is -0.481 e. The van der Waals surface area contributed by atoms with Gasteiger partial charge in [0.25, 0.3) is 0 Å². The molecule has 2 nitrogen and oxygen atoms in total. The normalized spacial score (nSPS) is 13.0. The van der Waals surface area contributed by atoms with Crippen molar-refractivity contribution in [3.8, 4) is 0 Å². The van der Waals surface area contributed by atoms with E-state index in [1.807, 2.05) is 6.92 Å². The van der Waals surface area contributed by atoms with Crippen LogP contribution in [0.4, 0.5) is 0 Å². The second-order valence-electron chi connectivity index (χ2n) is 4.83. The average molecular weight is 228 g/mol. The number of hydrogen-bond acceptors (Lipinski definition) is 1. The predicted octanol–water partition coefficient (Wildman–Crippen LogP) is 4.48. The zero-order valence-electron chi connectivity index (χ0n) is 11.2. The second-order valence-corrected chi connectivity index (χ2v) is 4.83. The van der Waals surface area contributed by atoms with Gasteiger partial charge in [-0.25, -0.2) is 0 Å². The van der Waals surface area contributed by atoms with Gasteiger partial charge in [-0.15, -0.1) is 0 Å². The summed E-state index contributed by atoms with van der Waals surface area (Å²) in [5.41, 5.74) is 0. The summed E-state index contributed by atoms with van der Waals surface area (Å²) in [5.74, 6) is -0.111. The van der Waals surface area contributed by atoms with Crippen molar-refractivity contribution in [2.45, 2.75) is 72.1 Å². The highest BCUT2D eigenvalue weighted by atomic mass is 16.4. The fourth-order valence-electron chi connectivity index (χ4n) is 2.21. The molecule has 1 atom stereocenters. The SMILES string of the molecule is CCCCC(CCCC)CC(CC)C(=O)O. The lowest BCUT2D eigenvalue weighted by Gasteiger charge is -2.20. The summed E-state index contributed by atoms with van der Waals surface area (Å²) in [6.07, 6.45) is 8.98. The Kier molecular flexibility index (Phi) is 9.36. The van der Waals surface area contributed by atoms with Crippen LogP contribution >= 0.6 is 0 Å². The molecule has 0 aromatic heterocycles. The predicted molar refractivity (Wildman–Crippen MR) is 68.6 cm³/mol. The van der Waals surface area contributed by atoms with Crippen LogP contribution in [0.5, 0.6) is 0 Å². The van der Waals surface area contributed by atoms with Gasteiger partial charge in [0.1, 0.15) is 0 Å². The van der Waals surface area contributed by atoms with Gasteiger partial charge in [-0.1, -0.05) is 59.3 Å². The molecule has 0 bridgehead atoms. The minimum atomic E-state index is -0.611. The van der Waals surface area contributed by atoms with Crippen molar-refractivity contribution in [1.29, 1.82) is 0 Å². The van der Waals surface area contributed by atoms with E-state index in [1.54, 1.807) is 0 Å². The van der Waals surface area contributed by atoms with Crippen molar-refractivity contribution in [2.24, 2.45) is 11.8 Å². The third-order valence-corrected chi connectivity index (χ3v) is 3.39. The molecule has 96 valence electrons. The first-order chi connectivity index (χ1) is 7.65. The molecule has 0 aromatic carbocycles. The first-order valence-electron chi connectivity index (χ1n) is 6.88. The van der Waals surface area contributed by atoms with Gasteiger partial charge in [-0.3, -0.25) is 4.79 Å². The molecule has 1 N–H and O–H groups in total. The summed E-state index contributed by atoms with van der Waals surface area (Å²) >= 11 is 0. The Hall–Kier alpha value is -0.530. The Labute approximate surface area is 100 Å². The molecule has 0 spiro atoms. The maximum atomic E-state index is 11.0. The van der Waals surface area contributed by atoms with Gasteiger partial charge in [-0.05, 0) is 18.8 Å². The lowest BCUT2D eigenvalue weighted by Crippen LogP contribution is -2.17. The molecule has 0 rings (SSSR count). The van der Waals surface area contributed by atoms with E-state index in [-0.39, 0.29) is 5.92 Å². The molecule has 0 aliphatic heterocycles. The highest BCUT2D eigenvalue weighted by Gasteiger charge is 2.20. The Balaban J connectivity index is 4.09. The fourth-order valence-corrected chi connectivity index (χ4v) is 2.21. The largest absolute Gasteiger partial charge is 0.481 e. The minimum absolute atomic E-state index is 0.126. The van der Waals surface area contributed by atoms with Crippen molar-refractivity contribution in [3.05, 3.63) is 0 Å². The van der Waals surface area contributed by atoms with Crippen LogP contribution in [0.3, 0.4) is 0 Å². The highest BCUT2D eigenvalue weighted by molar-refractivity contribution is 5.69. The first-order valence-corrected chi connectivity index (χ1v) is 6.88. The van der Waals surface area contributed by atoms with Gasteiger partial charge in [0.15, 0.2) is 0 Å². The lowest BCUT2D eigenvalue weighted by molar-refractivity contribution is -0.142. The highest BCUT2D eigenvalue weighted by Crippen LogP contribution is 2.25. The van der Waals surface area contributed by atoms with E-state index in [1.165, 1.54) is 38.5 Å². The van der Waals surface area contributed by atoms with E-state index in [0.29, 0.717) is 5.92 Å². The molecule has 2 heteroatoms. The lowest BCUT2D eigenvalue weighted by atomic mass is 9.86. The van der Waals surface area contributed by atoms with Gasteiger partial charge < -0.3 is 5.11 Å². The van der Waals surface area contributed by atoms with Crippen molar-refractivity contribution < 1.29 is 9.90 Å². The Bertz CT molecular complexity index is 170. The molecular weight excluding hydrogens is 200 g/mol. The molecule has 0 heterocycles. The molecule has 0 fully saturated rings. The molecule has 0 saturated heterocycles. The molecule has 16 heavy (non-hydrogen) atoms. The van der Waals surface area contributed by atoms with E-state index in [4.69, 9.17) is 5.11 Å². The third-order valence-electron chi connectivity index (χ3n) is 3.39. The zero-order valence-corrected chi connectivity index (χ0v) is 11.2. The van der Waals surface area contributed by atoms with Crippen molar-refractivity contribution >= 4 is 5.97 Å². The summed E-state index contributed by atoms with van der Waals surface area (Å²) in [7, 11) is 0. The van der Waals surface area contributed by atoms with Gasteiger partial charge in [-0.2, -0.15) is 0 Å². The van der Waals surface area contributed by atoms with Crippen molar-refractivity contribution in [2.75, 3.05) is 0 Å². The maximum absolute atomic E-state index is 11.0. The van der Waals surface area contributed by atoms with Crippen LogP contribution in [0.1, 0.15) is 72.1 Å². The maximum Gasteiger partial charge on any atom is 0.306 e. The Morgan fingerprint density at radius 3 is 1.88 bits per heavy atom. The van der Waals surface area contributed by atoms with Crippen LogP contribution in [0.15, 0.2) is 0 Å². The van der Waals surface area contributed by atoms with Crippen LogP contribution in [-0.4, -0.2) is 11.1 Å². The van der Waals surface area contributed by atoms with Gasteiger partial charge in [0, 0.05) is 0 Å². The molecule has 0 radical (unpaired) electrons. The number of rotatable bonds is 10. The number of carbonyl (C=O) groups is 1. The van der Waals surface area contributed by atoms with Crippen molar-refractivity contribution in [3.63, 3.8) is 0 Å². The summed E-state index contributed by atoms with van der Waals surface area (Å²) < 4.78 is 0. The number of carboxylic acid groups (broad SMARTS) is 1. The summed E-state index contributed by atoms with van der Waals surface area (Å²) in [4.78, 5) is 11.0. The molecule has 1 unspecified atom stereocenters. The van der Waals surface area contributed by atoms with Crippen LogP contribution in [0.2, 0.25) is 0 Å². The summed E-state index contributed by atoms with van der Waals surface area (Å²) in [6.45, 7) is 6.38. The van der Waals surface area contributed by atoms with E-state index in [2.05, 4.69) is 13.8 Å². The average Bonchev–Trinajstić information content (AvgIpc) is 2.27. The number of hydrogen-bond donors (Lipinski definition) is 1. The van der Waals surface area contributed by atoms with Gasteiger partial charge in [0.05, 0.1) is 5.92 Å². The Morgan fingerprint density at radius 1 is 1.06 bits per heavy atom. The van der Waals surface area contributed by atoms with E-state index < -0.39 is 5.97 Å². The molecule has 0 aromatic rings. The molecule has 0 aliphatic carbocycles. The van der Waals surface area contributed by atoms with Gasteiger partial charge >= 0.3 is 5.97 Å². The number of carboxylic acids is 1. The summed E-state index contributed by atoms with van der Waals surface area (Å²) in [6, 6.07) is 0. The molecule has 0 saturated carbocycles. The first kappa shape index (κ1) is 15.5. The topological polar surface area (TPSA) is 37.3 Å². The van der Waals surface area contributed by atoms with Crippen LogP contribution in [0, 0.1) is 11.8 Å².